The summed E-state index contributed by atoms with van der Waals surface area (Å²) < 4.78 is 15.7. The van der Waals surface area contributed by atoms with E-state index in [2.05, 4.69) is 16.9 Å². The first-order valence-corrected chi connectivity index (χ1v) is 8.14. The molecule has 0 saturated heterocycles. The van der Waals surface area contributed by atoms with E-state index in [-0.39, 0.29) is 17.2 Å². The summed E-state index contributed by atoms with van der Waals surface area (Å²) in [6.07, 6.45) is 2.62. The highest BCUT2D eigenvalue weighted by atomic mass is 35.5. The number of benzene rings is 1. The average Bonchev–Trinajstić information content (AvgIpc) is 3.08. The van der Waals surface area contributed by atoms with Crippen LogP contribution in [0.1, 0.15) is 42.5 Å². The molecule has 2 unspecified atom stereocenters. The van der Waals surface area contributed by atoms with Crippen LogP contribution in [0.5, 0.6) is 0 Å². The lowest BCUT2D eigenvalue weighted by Gasteiger charge is -2.19. The molecule has 6 heteroatoms. The molecule has 3 nitrogen and oxygen atoms in total. The van der Waals surface area contributed by atoms with E-state index in [0.717, 1.165) is 28.3 Å². The zero-order chi connectivity index (χ0) is 15.0. The first-order valence-electron chi connectivity index (χ1n) is 6.82. The number of halogens is 2. The molecule has 0 amide bonds. The number of hydrogen-bond acceptors (Lipinski definition) is 3. The Hall–Kier alpha value is -1.46. The molecule has 2 aromatic heterocycles. The Balaban J connectivity index is 2.27. The third-order valence-electron chi connectivity index (χ3n) is 3.47. The molecule has 0 fully saturated rings. The van der Waals surface area contributed by atoms with Crippen LogP contribution >= 0.6 is 22.9 Å². The highest BCUT2D eigenvalue weighted by Gasteiger charge is 2.23. The van der Waals surface area contributed by atoms with E-state index in [1.807, 2.05) is 16.9 Å². The molecule has 0 aliphatic carbocycles. The van der Waals surface area contributed by atoms with Gasteiger partial charge in [0.25, 0.3) is 0 Å². The van der Waals surface area contributed by atoms with E-state index in [4.69, 9.17) is 11.6 Å². The number of hydrogen-bond donors (Lipinski definition) is 0. The van der Waals surface area contributed by atoms with Crippen molar-refractivity contribution in [3.63, 3.8) is 0 Å². The Morgan fingerprint density at radius 2 is 2.24 bits per heavy atom. The van der Waals surface area contributed by atoms with Gasteiger partial charge in [-0.15, -0.1) is 22.9 Å². The van der Waals surface area contributed by atoms with Crippen LogP contribution in [-0.2, 0) is 0 Å². The van der Waals surface area contributed by atoms with Crippen LogP contribution in [0.3, 0.4) is 0 Å². The van der Waals surface area contributed by atoms with Gasteiger partial charge in [-0.3, -0.25) is 0 Å². The molecule has 0 bridgehead atoms. The minimum Gasteiger partial charge on any atom is -0.317 e. The lowest BCUT2D eigenvalue weighted by Crippen LogP contribution is -2.13. The zero-order valence-corrected chi connectivity index (χ0v) is 13.3. The SMILES string of the molecule is CCC(c1nccs1)n1c(C(C)Cl)nc2ccc(F)cc21. The van der Waals surface area contributed by atoms with E-state index in [1.165, 1.54) is 12.1 Å². The minimum atomic E-state index is -0.272. The summed E-state index contributed by atoms with van der Waals surface area (Å²) in [5, 5.41) is 2.68. The number of aromatic nitrogens is 3. The van der Waals surface area contributed by atoms with Crippen LogP contribution in [0.4, 0.5) is 4.39 Å². The van der Waals surface area contributed by atoms with Crippen molar-refractivity contribution in [3.8, 4) is 0 Å². The average molecular weight is 324 g/mol. The van der Waals surface area contributed by atoms with Gasteiger partial charge in [0.05, 0.1) is 22.5 Å². The van der Waals surface area contributed by atoms with Gasteiger partial charge in [-0.2, -0.15) is 0 Å². The predicted octanol–water partition coefficient (Wildman–Crippen LogP) is 4.93. The van der Waals surface area contributed by atoms with Crippen molar-refractivity contribution >= 4 is 34.0 Å². The molecular weight excluding hydrogens is 309 g/mol. The number of alkyl halides is 1. The monoisotopic (exact) mass is 323 g/mol. The Bertz CT molecular complexity index is 752. The Labute approximate surface area is 131 Å². The number of nitrogens with zero attached hydrogens (tertiary/aromatic N) is 3. The van der Waals surface area contributed by atoms with Crippen molar-refractivity contribution in [2.24, 2.45) is 0 Å². The molecule has 0 N–H and O–H groups in total. The zero-order valence-electron chi connectivity index (χ0n) is 11.8. The largest absolute Gasteiger partial charge is 0.317 e. The molecule has 2 heterocycles. The summed E-state index contributed by atoms with van der Waals surface area (Å²) in [4.78, 5) is 8.98. The molecule has 0 radical (unpaired) electrons. The molecule has 110 valence electrons. The molecule has 0 saturated carbocycles. The van der Waals surface area contributed by atoms with Crippen LogP contribution in [0, 0.1) is 5.82 Å². The molecule has 0 aliphatic heterocycles. The fourth-order valence-corrected chi connectivity index (χ4v) is 3.53. The van der Waals surface area contributed by atoms with E-state index in [1.54, 1.807) is 23.6 Å². The second-order valence-corrected chi connectivity index (χ2v) is 6.46. The van der Waals surface area contributed by atoms with Crippen LogP contribution in [0.25, 0.3) is 11.0 Å². The predicted molar refractivity (Wildman–Crippen MR) is 84.5 cm³/mol. The first kappa shape index (κ1) is 14.5. The third-order valence-corrected chi connectivity index (χ3v) is 4.54. The number of fused-ring (bicyclic) bond motifs is 1. The van der Waals surface area contributed by atoms with Gasteiger partial charge in [0.1, 0.15) is 16.6 Å². The lowest BCUT2D eigenvalue weighted by molar-refractivity contribution is 0.551. The fourth-order valence-electron chi connectivity index (χ4n) is 2.56. The summed E-state index contributed by atoms with van der Waals surface area (Å²) in [7, 11) is 0. The quantitative estimate of drug-likeness (QED) is 0.637. The van der Waals surface area contributed by atoms with Crippen molar-refractivity contribution in [2.75, 3.05) is 0 Å². The van der Waals surface area contributed by atoms with Crippen LogP contribution < -0.4 is 0 Å². The maximum atomic E-state index is 13.6. The molecule has 0 spiro atoms. The summed E-state index contributed by atoms with van der Waals surface area (Å²) in [6.45, 7) is 3.96. The highest BCUT2D eigenvalue weighted by Crippen LogP contribution is 2.33. The Kier molecular flexibility index (Phi) is 3.95. The van der Waals surface area contributed by atoms with Gasteiger partial charge in [-0.25, -0.2) is 14.4 Å². The first-order chi connectivity index (χ1) is 10.1. The van der Waals surface area contributed by atoms with E-state index in [9.17, 15) is 4.39 Å². The molecule has 3 aromatic rings. The molecule has 2 atom stereocenters. The van der Waals surface area contributed by atoms with Gasteiger partial charge in [-0.1, -0.05) is 6.92 Å². The second kappa shape index (κ2) is 5.73. The standard InChI is InChI=1S/C15H15ClFN3S/c1-3-12(15-18-6-7-21-15)20-13-8-10(17)4-5-11(13)19-14(20)9(2)16/h4-9,12H,3H2,1-2H3. The van der Waals surface area contributed by atoms with Crippen LogP contribution in [-0.4, -0.2) is 14.5 Å². The Morgan fingerprint density at radius 3 is 2.86 bits per heavy atom. The van der Waals surface area contributed by atoms with Crippen molar-refractivity contribution in [1.29, 1.82) is 0 Å². The Morgan fingerprint density at radius 1 is 1.43 bits per heavy atom. The van der Waals surface area contributed by atoms with Crippen molar-refractivity contribution in [2.45, 2.75) is 31.7 Å². The third kappa shape index (κ3) is 2.56. The van der Waals surface area contributed by atoms with Crippen LogP contribution in [0.15, 0.2) is 29.8 Å². The maximum Gasteiger partial charge on any atom is 0.128 e. The van der Waals surface area contributed by atoms with E-state index >= 15 is 0 Å². The van der Waals surface area contributed by atoms with Crippen LogP contribution in [0.2, 0.25) is 0 Å². The van der Waals surface area contributed by atoms with Gasteiger partial charge < -0.3 is 4.57 Å². The fraction of sp³-hybridized carbons (Fsp3) is 0.333. The van der Waals surface area contributed by atoms with Crippen molar-refractivity contribution in [1.82, 2.24) is 14.5 Å². The summed E-state index contributed by atoms with van der Waals surface area (Å²) >= 11 is 7.88. The molecule has 0 aliphatic rings. The lowest BCUT2D eigenvalue weighted by atomic mass is 10.2. The number of imidazole rings is 1. The molecular formula is C15H15ClFN3S. The summed E-state index contributed by atoms with van der Waals surface area (Å²) in [6, 6.07) is 4.65. The second-order valence-electron chi connectivity index (χ2n) is 4.88. The smallest absolute Gasteiger partial charge is 0.128 e. The van der Waals surface area contributed by atoms with Gasteiger partial charge in [0.15, 0.2) is 0 Å². The van der Waals surface area contributed by atoms with E-state index in [0.29, 0.717) is 0 Å². The van der Waals surface area contributed by atoms with Crippen molar-refractivity contribution in [3.05, 3.63) is 46.4 Å². The van der Waals surface area contributed by atoms with Gasteiger partial charge in [0.2, 0.25) is 0 Å². The molecule has 3 rings (SSSR count). The van der Waals surface area contributed by atoms with Gasteiger partial charge in [0, 0.05) is 11.6 Å². The van der Waals surface area contributed by atoms with E-state index < -0.39 is 0 Å². The van der Waals surface area contributed by atoms with Crippen molar-refractivity contribution < 1.29 is 4.39 Å². The summed E-state index contributed by atoms with van der Waals surface area (Å²) in [5.74, 6) is 0.478. The van der Waals surface area contributed by atoms with Gasteiger partial charge >= 0.3 is 0 Å². The maximum absolute atomic E-state index is 13.6. The minimum absolute atomic E-state index is 0.0213. The summed E-state index contributed by atoms with van der Waals surface area (Å²) in [5.41, 5.74) is 1.52. The molecule has 1 aromatic carbocycles. The molecule has 21 heavy (non-hydrogen) atoms. The normalized spacial score (nSPS) is 14.5. The number of thiazole rings is 1. The highest BCUT2D eigenvalue weighted by molar-refractivity contribution is 7.09. The number of rotatable bonds is 4. The van der Waals surface area contributed by atoms with Gasteiger partial charge in [-0.05, 0) is 31.5 Å². The topological polar surface area (TPSA) is 30.7 Å².